The first kappa shape index (κ1) is 14.6. The second-order valence-electron chi connectivity index (χ2n) is 4.24. The quantitative estimate of drug-likeness (QED) is 0.807. The second-order valence-corrected chi connectivity index (χ2v) is 5.10. The number of anilines is 1. The van der Waals surface area contributed by atoms with Gasteiger partial charge in [-0.3, -0.25) is 4.79 Å². The normalized spacial score (nSPS) is 10.4. The van der Waals surface area contributed by atoms with Gasteiger partial charge in [0.05, 0.1) is 6.61 Å². The number of aromatic nitrogens is 1. The number of thiazole rings is 1. The molecule has 0 aromatic carbocycles. The van der Waals surface area contributed by atoms with Crippen LogP contribution in [0.15, 0.2) is 5.38 Å². The predicted molar refractivity (Wildman–Crippen MR) is 70.8 cm³/mol. The van der Waals surface area contributed by atoms with Crippen LogP contribution in [0.2, 0.25) is 0 Å². The Morgan fingerprint density at radius 2 is 2.22 bits per heavy atom. The van der Waals surface area contributed by atoms with E-state index < -0.39 is 5.97 Å². The minimum atomic E-state index is -0.462. The van der Waals surface area contributed by atoms with Crippen molar-refractivity contribution < 1.29 is 14.3 Å². The van der Waals surface area contributed by atoms with Crippen molar-refractivity contribution in [3.05, 3.63) is 11.1 Å². The second kappa shape index (κ2) is 7.10. The summed E-state index contributed by atoms with van der Waals surface area (Å²) in [5, 5.41) is 4.69. The molecule has 1 rings (SSSR count). The van der Waals surface area contributed by atoms with Crippen LogP contribution in [0.25, 0.3) is 0 Å². The van der Waals surface area contributed by atoms with Crippen molar-refractivity contribution in [3.8, 4) is 0 Å². The summed E-state index contributed by atoms with van der Waals surface area (Å²) in [6, 6.07) is 0. The summed E-state index contributed by atoms with van der Waals surface area (Å²) in [5.41, 5.74) is 0.237. The number of nitrogens with one attached hydrogen (secondary N) is 1. The Morgan fingerprint density at radius 3 is 2.83 bits per heavy atom. The molecule has 1 heterocycles. The molecule has 0 bridgehead atoms. The Bertz CT molecular complexity index is 415. The van der Waals surface area contributed by atoms with Crippen LogP contribution in [-0.4, -0.2) is 23.5 Å². The van der Waals surface area contributed by atoms with Crippen molar-refractivity contribution in [2.75, 3.05) is 11.9 Å². The van der Waals surface area contributed by atoms with E-state index in [0.29, 0.717) is 24.1 Å². The lowest BCUT2D eigenvalue weighted by molar-refractivity contribution is -0.116. The summed E-state index contributed by atoms with van der Waals surface area (Å²) in [4.78, 5) is 26.9. The fourth-order valence-corrected chi connectivity index (χ4v) is 1.93. The molecule has 1 amide bonds. The average Bonchev–Trinajstić information content (AvgIpc) is 2.75. The molecule has 0 aliphatic heterocycles. The van der Waals surface area contributed by atoms with Gasteiger partial charge >= 0.3 is 5.97 Å². The molecule has 5 nitrogen and oxygen atoms in total. The Morgan fingerprint density at radius 1 is 1.50 bits per heavy atom. The number of amides is 1. The van der Waals surface area contributed by atoms with E-state index in [-0.39, 0.29) is 11.6 Å². The molecule has 0 saturated heterocycles. The van der Waals surface area contributed by atoms with E-state index in [2.05, 4.69) is 24.1 Å². The zero-order valence-corrected chi connectivity index (χ0v) is 11.7. The van der Waals surface area contributed by atoms with E-state index in [4.69, 9.17) is 4.74 Å². The van der Waals surface area contributed by atoms with Gasteiger partial charge in [0.15, 0.2) is 10.8 Å². The molecule has 0 spiro atoms. The zero-order chi connectivity index (χ0) is 13.5. The Hall–Kier alpha value is -1.43. The number of carbonyl (C=O) groups is 2. The van der Waals surface area contributed by atoms with Gasteiger partial charge in [-0.1, -0.05) is 13.8 Å². The van der Waals surface area contributed by atoms with Gasteiger partial charge < -0.3 is 10.1 Å². The first-order valence-electron chi connectivity index (χ1n) is 5.95. The highest BCUT2D eigenvalue weighted by Gasteiger charge is 2.13. The number of esters is 1. The highest BCUT2D eigenvalue weighted by atomic mass is 32.1. The molecule has 0 atom stereocenters. The van der Waals surface area contributed by atoms with E-state index in [1.54, 1.807) is 12.3 Å². The maximum atomic E-state index is 11.6. The van der Waals surface area contributed by atoms with Crippen molar-refractivity contribution in [1.29, 1.82) is 0 Å². The molecule has 0 aliphatic carbocycles. The van der Waals surface area contributed by atoms with Crippen LogP contribution in [0.1, 0.15) is 44.1 Å². The van der Waals surface area contributed by atoms with E-state index in [1.165, 1.54) is 11.3 Å². The first-order chi connectivity index (χ1) is 8.52. The highest BCUT2D eigenvalue weighted by Crippen LogP contribution is 2.17. The summed E-state index contributed by atoms with van der Waals surface area (Å²) in [6.45, 7) is 6.18. The van der Waals surface area contributed by atoms with Crippen molar-refractivity contribution in [1.82, 2.24) is 4.98 Å². The number of nitrogens with zero attached hydrogens (tertiary/aromatic N) is 1. The van der Waals surface area contributed by atoms with Crippen LogP contribution < -0.4 is 5.32 Å². The summed E-state index contributed by atoms with van der Waals surface area (Å²) < 4.78 is 4.82. The number of hydrogen-bond acceptors (Lipinski definition) is 5. The smallest absolute Gasteiger partial charge is 0.357 e. The zero-order valence-electron chi connectivity index (χ0n) is 10.9. The minimum absolute atomic E-state index is 0.0755. The van der Waals surface area contributed by atoms with Crippen LogP contribution in [0, 0.1) is 5.92 Å². The molecule has 1 aromatic heterocycles. The van der Waals surface area contributed by atoms with Gasteiger partial charge in [-0.25, -0.2) is 9.78 Å². The molecule has 0 unspecified atom stereocenters. The molecule has 0 saturated carbocycles. The number of hydrogen-bond donors (Lipinski definition) is 1. The van der Waals surface area contributed by atoms with E-state index in [1.807, 2.05) is 0 Å². The van der Waals surface area contributed by atoms with Crippen LogP contribution in [0.5, 0.6) is 0 Å². The molecule has 0 aliphatic rings. The number of rotatable bonds is 6. The Balaban J connectivity index is 2.48. The van der Waals surface area contributed by atoms with Gasteiger partial charge in [-0.05, 0) is 19.3 Å². The lowest BCUT2D eigenvalue weighted by Gasteiger charge is -2.03. The van der Waals surface area contributed by atoms with Crippen LogP contribution in [-0.2, 0) is 9.53 Å². The van der Waals surface area contributed by atoms with E-state index >= 15 is 0 Å². The van der Waals surface area contributed by atoms with Gasteiger partial charge in [0.25, 0.3) is 0 Å². The fraction of sp³-hybridized carbons (Fsp3) is 0.583. The van der Waals surface area contributed by atoms with Crippen molar-refractivity contribution in [2.24, 2.45) is 5.92 Å². The fourth-order valence-electron chi connectivity index (χ4n) is 1.23. The van der Waals surface area contributed by atoms with Gasteiger partial charge in [-0.2, -0.15) is 0 Å². The standard InChI is InChI=1S/C12H18N2O3S/c1-4-17-11(16)9-7-18-12(13-9)14-10(15)6-5-8(2)3/h7-8H,4-6H2,1-3H3,(H,13,14,15). The van der Waals surface area contributed by atoms with Gasteiger partial charge in [0.1, 0.15) is 0 Å². The van der Waals surface area contributed by atoms with Crippen LogP contribution >= 0.6 is 11.3 Å². The summed E-state index contributed by atoms with van der Waals surface area (Å²) in [6.07, 6.45) is 1.30. The maximum Gasteiger partial charge on any atom is 0.357 e. The SMILES string of the molecule is CCOC(=O)c1csc(NC(=O)CCC(C)C)n1. The third-order valence-corrected chi connectivity index (χ3v) is 2.94. The third-order valence-electron chi connectivity index (χ3n) is 2.18. The maximum absolute atomic E-state index is 11.6. The van der Waals surface area contributed by atoms with E-state index in [9.17, 15) is 9.59 Å². The molecule has 1 N–H and O–H groups in total. The number of carbonyl (C=O) groups excluding carboxylic acids is 2. The molecule has 1 aromatic rings. The van der Waals surface area contributed by atoms with E-state index in [0.717, 1.165) is 6.42 Å². The largest absolute Gasteiger partial charge is 0.461 e. The summed E-state index contributed by atoms with van der Waals surface area (Å²) in [5.74, 6) is -0.0490. The lowest BCUT2D eigenvalue weighted by Crippen LogP contribution is -2.12. The Labute approximate surface area is 111 Å². The molecule has 18 heavy (non-hydrogen) atoms. The predicted octanol–water partition coefficient (Wildman–Crippen LogP) is 2.69. The highest BCUT2D eigenvalue weighted by molar-refractivity contribution is 7.14. The van der Waals surface area contributed by atoms with Crippen molar-refractivity contribution in [3.63, 3.8) is 0 Å². The lowest BCUT2D eigenvalue weighted by atomic mass is 10.1. The minimum Gasteiger partial charge on any atom is -0.461 e. The van der Waals surface area contributed by atoms with Gasteiger partial charge in [0, 0.05) is 11.8 Å². The topological polar surface area (TPSA) is 68.3 Å². The van der Waals surface area contributed by atoms with Crippen LogP contribution in [0.4, 0.5) is 5.13 Å². The summed E-state index contributed by atoms with van der Waals surface area (Å²) >= 11 is 1.22. The molecule has 0 radical (unpaired) electrons. The van der Waals surface area contributed by atoms with Crippen LogP contribution in [0.3, 0.4) is 0 Å². The molecular weight excluding hydrogens is 252 g/mol. The average molecular weight is 270 g/mol. The number of ether oxygens (including phenoxy) is 1. The molecule has 0 fully saturated rings. The molecule has 6 heteroatoms. The van der Waals surface area contributed by atoms with Crippen molar-refractivity contribution in [2.45, 2.75) is 33.6 Å². The summed E-state index contributed by atoms with van der Waals surface area (Å²) in [7, 11) is 0. The monoisotopic (exact) mass is 270 g/mol. The van der Waals surface area contributed by atoms with Gasteiger partial charge in [0.2, 0.25) is 5.91 Å². The van der Waals surface area contributed by atoms with Gasteiger partial charge in [-0.15, -0.1) is 11.3 Å². The van der Waals surface area contributed by atoms with Crippen molar-refractivity contribution >= 4 is 28.3 Å². The Kier molecular flexibility index (Phi) is 5.77. The molecular formula is C12H18N2O3S. The third kappa shape index (κ3) is 4.83. The first-order valence-corrected chi connectivity index (χ1v) is 6.83. The molecule has 100 valence electrons.